The van der Waals surface area contributed by atoms with Gasteiger partial charge in [-0.1, -0.05) is 77.6 Å². The molecule has 2 N–H and O–H groups in total. The number of aliphatic carboxylic acids is 1. The van der Waals surface area contributed by atoms with Crippen molar-refractivity contribution in [3.05, 3.63) is 0 Å². The molecule has 0 aromatic carbocycles. The predicted octanol–water partition coefficient (Wildman–Crippen LogP) is 2.42. The minimum atomic E-state index is -0.678. The van der Waals surface area contributed by atoms with Crippen LogP contribution in [-0.4, -0.2) is 22.3 Å². The van der Waals surface area contributed by atoms with Crippen molar-refractivity contribution in [2.24, 2.45) is 0 Å². The largest absolute Gasteiger partial charge is 1.00 e. The minimum Gasteiger partial charge on any atom is -1.00 e. The SMILES string of the molecule is CCCCCCC(O)CCCCCCCCCCC(=O)O.[H-].[K+]. The molecule has 0 heterocycles. The monoisotopic (exact) mass is 340 g/mol. The zero-order valence-corrected chi connectivity index (χ0v) is 18.1. The van der Waals surface area contributed by atoms with Gasteiger partial charge in [0.2, 0.25) is 0 Å². The standard InChI is InChI=1S/C18H36O3.K.H/c1-2-3-4-11-14-17(19)15-12-9-7-5-6-8-10-13-16-18(20)21;;/h17,19H,2-16H2,1H3,(H,20,21);;/q;+1;-1. The van der Waals surface area contributed by atoms with Crippen molar-refractivity contribution in [1.29, 1.82) is 0 Å². The second-order valence-electron chi connectivity index (χ2n) is 6.26. The van der Waals surface area contributed by atoms with Crippen LogP contribution >= 0.6 is 0 Å². The summed E-state index contributed by atoms with van der Waals surface area (Å²) < 4.78 is 0. The van der Waals surface area contributed by atoms with Gasteiger partial charge in [0, 0.05) is 6.42 Å². The van der Waals surface area contributed by atoms with Gasteiger partial charge in [0.15, 0.2) is 0 Å². The molecule has 4 heteroatoms. The normalized spacial score (nSPS) is 11.9. The van der Waals surface area contributed by atoms with E-state index >= 15 is 0 Å². The van der Waals surface area contributed by atoms with Gasteiger partial charge in [0.25, 0.3) is 0 Å². The first kappa shape index (κ1) is 25.3. The van der Waals surface area contributed by atoms with Gasteiger partial charge in [-0.05, 0) is 19.3 Å². The first-order valence-corrected chi connectivity index (χ1v) is 9.06. The van der Waals surface area contributed by atoms with Crippen molar-refractivity contribution in [3.63, 3.8) is 0 Å². The molecule has 0 aliphatic carbocycles. The number of aliphatic hydroxyl groups is 1. The van der Waals surface area contributed by atoms with Crippen LogP contribution in [0.4, 0.5) is 0 Å². The van der Waals surface area contributed by atoms with Crippen LogP contribution in [0.25, 0.3) is 0 Å². The summed E-state index contributed by atoms with van der Waals surface area (Å²) in [5, 5.41) is 18.4. The zero-order chi connectivity index (χ0) is 15.8. The van der Waals surface area contributed by atoms with Crippen molar-refractivity contribution in [2.75, 3.05) is 0 Å². The maximum Gasteiger partial charge on any atom is 1.00 e. The molecule has 0 bridgehead atoms. The molecule has 0 saturated carbocycles. The Morgan fingerprint density at radius 3 is 1.68 bits per heavy atom. The van der Waals surface area contributed by atoms with Crippen molar-refractivity contribution in [3.8, 4) is 0 Å². The van der Waals surface area contributed by atoms with Gasteiger partial charge in [-0.3, -0.25) is 4.79 Å². The number of rotatable bonds is 16. The van der Waals surface area contributed by atoms with Gasteiger partial charge in [-0.25, -0.2) is 0 Å². The number of carbonyl (C=O) groups is 1. The van der Waals surface area contributed by atoms with E-state index in [-0.39, 0.29) is 58.9 Å². The molecule has 0 aromatic rings. The zero-order valence-electron chi connectivity index (χ0n) is 16.0. The molecule has 0 saturated heterocycles. The molecule has 0 aliphatic rings. The van der Waals surface area contributed by atoms with Crippen molar-refractivity contribution < 1.29 is 67.8 Å². The topological polar surface area (TPSA) is 57.5 Å². The fraction of sp³-hybridized carbons (Fsp3) is 0.944. The van der Waals surface area contributed by atoms with Gasteiger partial charge in [0.05, 0.1) is 6.10 Å². The van der Waals surface area contributed by atoms with Crippen LogP contribution < -0.4 is 51.4 Å². The van der Waals surface area contributed by atoms with Gasteiger partial charge in [0.1, 0.15) is 0 Å². The van der Waals surface area contributed by atoms with Gasteiger partial charge in [-0.2, -0.15) is 0 Å². The number of carboxylic acid groups (broad SMARTS) is 1. The molecule has 0 rings (SSSR count). The van der Waals surface area contributed by atoms with Crippen LogP contribution in [0, 0.1) is 0 Å². The van der Waals surface area contributed by atoms with Crippen LogP contribution in [-0.2, 0) is 4.79 Å². The summed E-state index contributed by atoms with van der Waals surface area (Å²) in [7, 11) is 0. The van der Waals surface area contributed by atoms with E-state index in [0.29, 0.717) is 6.42 Å². The fourth-order valence-electron chi connectivity index (χ4n) is 2.67. The second kappa shape index (κ2) is 20.1. The summed E-state index contributed by atoms with van der Waals surface area (Å²) in [5.41, 5.74) is 0. The fourth-order valence-corrected chi connectivity index (χ4v) is 2.67. The number of hydrogen-bond acceptors (Lipinski definition) is 2. The molecule has 128 valence electrons. The van der Waals surface area contributed by atoms with E-state index in [0.717, 1.165) is 38.5 Å². The van der Waals surface area contributed by atoms with Crippen molar-refractivity contribution in [1.82, 2.24) is 0 Å². The molecule has 22 heavy (non-hydrogen) atoms. The summed E-state index contributed by atoms with van der Waals surface area (Å²) in [6, 6.07) is 0. The Balaban J connectivity index is -0.00000200. The predicted molar refractivity (Wildman–Crippen MR) is 89.7 cm³/mol. The summed E-state index contributed by atoms with van der Waals surface area (Å²) in [6.45, 7) is 2.21. The Kier molecular flexibility index (Phi) is 23.1. The van der Waals surface area contributed by atoms with E-state index < -0.39 is 5.97 Å². The second-order valence-corrected chi connectivity index (χ2v) is 6.26. The Labute approximate surface area is 181 Å². The van der Waals surface area contributed by atoms with Gasteiger partial charge >= 0.3 is 57.4 Å². The molecule has 1 atom stereocenters. The molecule has 0 amide bonds. The molecule has 1 unspecified atom stereocenters. The van der Waals surface area contributed by atoms with E-state index in [2.05, 4.69) is 6.92 Å². The van der Waals surface area contributed by atoms with Gasteiger partial charge in [-0.15, -0.1) is 0 Å². The third-order valence-corrected chi connectivity index (χ3v) is 4.07. The molecule has 0 spiro atoms. The van der Waals surface area contributed by atoms with Gasteiger partial charge < -0.3 is 11.6 Å². The van der Waals surface area contributed by atoms with E-state index in [1.165, 1.54) is 51.4 Å². The third kappa shape index (κ3) is 21.1. The first-order valence-electron chi connectivity index (χ1n) is 9.06. The summed E-state index contributed by atoms with van der Waals surface area (Å²) in [6.07, 6.45) is 16.3. The summed E-state index contributed by atoms with van der Waals surface area (Å²) >= 11 is 0. The van der Waals surface area contributed by atoms with Crippen LogP contribution in [0.2, 0.25) is 0 Å². The van der Waals surface area contributed by atoms with Crippen LogP contribution in [0.5, 0.6) is 0 Å². The summed E-state index contributed by atoms with van der Waals surface area (Å²) in [4.78, 5) is 10.3. The number of hydrogen-bond donors (Lipinski definition) is 2. The van der Waals surface area contributed by atoms with E-state index in [1.54, 1.807) is 0 Å². The molecule has 0 radical (unpaired) electrons. The van der Waals surface area contributed by atoms with Crippen molar-refractivity contribution in [2.45, 2.75) is 109 Å². The van der Waals surface area contributed by atoms with Crippen LogP contribution in [0.15, 0.2) is 0 Å². The molecular weight excluding hydrogens is 303 g/mol. The van der Waals surface area contributed by atoms with E-state index in [1.807, 2.05) is 0 Å². The molecule has 0 aliphatic heterocycles. The number of carboxylic acids is 1. The molecule has 0 fully saturated rings. The third-order valence-electron chi connectivity index (χ3n) is 4.07. The smallest absolute Gasteiger partial charge is 1.00 e. The Morgan fingerprint density at radius 1 is 0.818 bits per heavy atom. The Bertz CT molecular complexity index is 240. The maximum atomic E-state index is 10.3. The minimum absolute atomic E-state index is 0. The number of aliphatic hydroxyl groups excluding tert-OH is 1. The first-order chi connectivity index (χ1) is 10.2. The Morgan fingerprint density at radius 2 is 1.23 bits per heavy atom. The maximum absolute atomic E-state index is 10.3. The molecule has 3 nitrogen and oxygen atoms in total. The Hall–Kier alpha value is 1.07. The van der Waals surface area contributed by atoms with E-state index in [4.69, 9.17) is 5.11 Å². The average Bonchev–Trinajstić information content (AvgIpc) is 2.45. The average molecular weight is 341 g/mol. The number of unbranched alkanes of at least 4 members (excludes halogenated alkanes) is 10. The van der Waals surface area contributed by atoms with Crippen LogP contribution in [0.1, 0.15) is 105 Å². The molecule has 0 aromatic heterocycles. The van der Waals surface area contributed by atoms with E-state index in [9.17, 15) is 9.90 Å². The van der Waals surface area contributed by atoms with Crippen molar-refractivity contribution >= 4 is 5.97 Å². The summed E-state index contributed by atoms with van der Waals surface area (Å²) in [5.74, 6) is -0.678. The quantitative estimate of drug-likeness (QED) is 0.335. The van der Waals surface area contributed by atoms with Crippen LogP contribution in [0.3, 0.4) is 0 Å². The molecular formula is C18H37KO3.